The van der Waals surface area contributed by atoms with Gasteiger partial charge in [-0.15, -0.1) is 10.2 Å². The molecule has 25 heavy (non-hydrogen) atoms. The topological polar surface area (TPSA) is 76.1 Å². The summed E-state index contributed by atoms with van der Waals surface area (Å²) in [6.45, 7) is 5.42. The summed E-state index contributed by atoms with van der Waals surface area (Å²) in [4.78, 5) is 12.1. The van der Waals surface area contributed by atoms with Crippen molar-refractivity contribution in [3.63, 3.8) is 0 Å². The van der Waals surface area contributed by atoms with Gasteiger partial charge in [0.1, 0.15) is 0 Å². The Hall–Kier alpha value is -1.64. The third-order valence-corrected chi connectivity index (χ3v) is 5.60. The highest BCUT2D eigenvalue weighted by Gasteiger charge is 2.12. The highest BCUT2D eigenvalue weighted by molar-refractivity contribution is 8.01. The monoisotopic (exact) mass is 380 g/mol. The molecular weight excluding hydrogens is 356 g/mol. The van der Waals surface area contributed by atoms with Gasteiger partial charge in [-0.1, -0.05) is 54.3 Å². The van der Waals surface area contributed by atoms with Gasteiger partial charge in [-0.05, 0) is 24.5 Å². The molecule has 0 fully saturated rings. The first-order valence-electron chi connectivity index (χ1n) is 8.19. The lowest BCUT2D eigenvalue weighted by atomic mass is 10.1. The van der Waals surface area contributed by atoms with Crippen molar-refractivity contribution in [3.05, 3.63) is 35.4 Å². The predicted octanol–water partition coefficient (Wildman–Crippen LogP) is 3.13. The van der Waals surface area contributed by atoms with Gasteiger partial charge in [-0.25, -0.2) is 0 Å². The minimum absolute atomic E-state index is 0.0128. The number of anilines is 1. The van der Waals surface area contributed by atoms with E-state index in [1.165, 1.54) is 28.7 Å². The van der Waals surface area contributed by atoms with Crippen LogP contribution >= 0.6 is 23.1 Å². The molecule has 0 radical (unpaired) electrons. The van der Waals surface area contributed by atoms with Gasteiger partial charge in [0.2, 0.25) is 11.0 Å². The normalized spacial score (nSPS) is 12.0. The Labute approximate surface area is 156 Å². The largest absolute Gasteiger partial charge is 0.383 e. The average molecular weight is 381 g/mol. The summed E-state index contributed by atoms with van der Waals surface area (Å²) in [6, 6.07) is 8.33. The number of amides is 1. The molecule has 1 aromatic carbocycles. The zero-order chi connectivity index (χ0) is 18.1. The van der Waals surface area contributed by atoms with Crippen LogP contribution in [0.25, 0.3) is 0 Å². The lowest BCUT2D eigenvalue weighted by Crippen LogP contribution is -2.28. The Morgan fingerprint density at radius 3 is 2.76 bits per heavy atom. The maximum Gasteiger partial charge on any atom is 0.230 e. The minimum Gasteiger partial charge on any atom is -0.383 e. The fourth-order valence-corrected chi connectivity index (χ4v) is 3.72. The second-order valence-corrected chi connectivity index (χ2v) is 7.67. The number of rotatable bonds is 10. The molecule has 2 rings (SSSR count). The Bertz CT molecular complexity index is 661. The molecule has 0 aliphatic carbocycles. The van der Waals surface area contributed by atoms with Crippen molar-refractivity contribution in [1.82, 2.24) is 15.5 Å². The molecule has 1 heterocycles. The fraction of sp³-hybridized carbons (Fsp3) is 0.471. The lowest BCUT2D eigenvalue weighted by Gasteiger charge is -2.14. The molecule has 6 nitrogen and oxygen atoms in total. The van der Waals surface area contributed by atoms with E-state index >= 15 is 0 Å². The van der Waals surface area contributed by atoms with Gasteiger partial charge in [-0.2, -0.15) is 0 Å². The first kappa shape index (κ1) is 19.7. The van der Waals surface area contributed by atoms with Crippen molar-refractivity contribution in [2.24, 2.45) is 0 Å². The van der Waals surface area contributed by atoms with Crippen LogP contribution in [-0.4, -0.2) is 42.1 Å². The van der Waals surface area contributed by atoms with Crippen LogP contribution < -0.4 is 10.6 Å². The summed E-state index contributed by atoms with van der Waals surface area (Å²) in [6.07, 6.45) is 1.02. The van der Waals surface area contributed by atoms with Gasteiger partial charge >= 0.3 is 0 Å². The van der Waals surface area contributed by atoms with Crippen molar-refractivity contribution >= 4 is 34.1 Å². The molecule has 8 heteroatoms. The van der Waals surface area contributed by atoms with Crippen molar-refractivity contribution in [3.8, 4) is 0 Å². The third kappa shape index (κ3) is 6.64. The molecule has 0 bridgehead atoms. The predicted molar refractivity (Wildman–Crippen MR) is 103 cm³/mol. The first-order chi connectivity index (χ1) is 12.1. The number of hydrogen-bond acceptors (Lipinski definition) is 7. The van der Waals surface area contributed by atoms with E-state index in [0.717, 1.165) is 21.5 Å². The third-order valence-electron chi connectivity index (χ3n) is 3.58. The molecule has 0 spiro atoms. The number of carbonyl (C=O) groups is 1. The van der Waals surface area contributed by atoms with E-state index in [2.05, 4.69) is 52.0 Å². The van der Waals surface area contributed by atoms with Crippen molar-refractivity contribution in [2.75, 3.05) is 31.3 Å². The SMILES string of the molecule is CCc1ccc(C(C)NC(=O)CSc2nnc(NCCOC)s2)cc1. The average Bonchev–Trinajstić information content (AvgIpc) is 3.08. The van der Waals surface area contributed by atoms with Gasteiger partial charge in [0, 0.05) is 13.7 Å². The van der Waals surface area contributed by atoms with Gasteiger partial charge in [0.05, 0.1) is 18.4 Å². The summed E-state index contributed by atoms with van der Waals surface area (Å²) in [7, 11) is 1.65. The van der Waals surface area contributed by atoms with Crippen molar-refractivity contribution < 1.29 is 9.53 Å². The van der Waals surface area contributed by atoms with Gasteiger partial charge in [-0.3, -0.25) is 4.79 Å². The van der Waals surface area contributed by atoms with E-state index in [1.54, 1.807) is 7.11 Å². The zero-order valence-electron chi connectivity index (χ0n) is 14.7. The molecule has 2 N–H and O–H groups in total. The van der Waals surface area contributed by atoms with Crippen LogP contribution in [0.15, 0.2) is 28.6 Å². The number of aryl methyl sites for hydroxylation is 1. The zero-order valence-corrected chi connectivity index (χ0v) is 16.4. The van der Waals surface area contributed by atoms with E-state index in [1.807, 2.05) is 6.92 Å². The van der Waals surface area contributed by atoms with E-state index in [4.69, 9.17) is 4.74 Å². The molecule has 2 aromatic rings. The van der Waals surface area contributed by atoms with E-state index in [9.17, 15) is 4.79 Å². The Kier molecular flexibility index (Phi) is 8.17. The molecule has 1 atom stereocenters. The first-order valence-corrected chi connectivity index (χ1v) is 10.00. The molecule has 1 unspecified atom stereocenters. The van der Waals surface area contributed by atoms with Gasteiger partial charge in [0.25, 0.3) is 0 Å². The molecule has 1 amide bonds. The summed E-state index contributed by atoms with van der Waals surface area (Å²) < 4.78 is 5.74. The van der Waals surface area contributed by atoms with Crippen molar-refractivity contribution in [2.45, 2.75) is 30.6 Å². The molecule has 0 saturated carbocycles. The Morgan fingerprint density at radius 2 is 2.08 bits per heavy atom. The number of thioether (sulfide) groups is 1. The highest BCUT2D eigenvalue weighted by atomic mass is 32.2. The molecule has 1 aromatic heterocycles. The molecule has 0 aliphatic heterocycles. The second-order valence-electron chi connectivity index (χ2n) is 5.47. The summed E-state index contributed by atoms with van der Waals surface area (Å²) in [5, 5.41) is 15.0. The van der Waals surface area contributed by atoms with Crippen LogP contribution in [0.5, 0.6) is 0 Å². The summed E-state index contributed by atoms with van der Waals surface area (Å²) in [5.74, 6) is 0.311. The smallest absolute Gasteiger partial charge is 0.230 e. The molecule has 0 saturated heterocycles. The number of hydrogen-bond donors (Lipinski definition) is 2. The molecular formula is C17H24N4O2S2. The maximum atomic E-state index is 12.1. The van der Waals surface area contributed by atoms with Gasteiger partial charge < -0.3 is 15.4 Å². The highest BCUT2D eigenvalue weighted by Crippen LogP contribution is 2.25. The van der Waals surface area contributed by atoms with Crippen LogP contribution in [0.4, 0.5) is 5.13 Å². The van der Waals surface area contributed by atoms with Crippen LogP contribution in [0.1, 0.15) is 31.0 Å². The fourth-order valence-electron chi connectivity index (χ4n) is 2.14. The number of carbonyl (C=O) groups excluding carboxylic acids is 1. The second kappa shape index (κ2) is 10.4. The number of ether oxygens (including phenoxy) is 1. The number of aromatic nitrogens is 2. The van der Waals surface area contributed by atoms with Crippen LogP contribution in [0, 0.1) is 0 Å². The lowest BCUT2D eigenvalue weighted by molar-refractivity contribution is -0.119. The number of benzene rings is 1. The maximum absolute atomic E-state index is 12.1. The van der Waals surface area contributed by atoms with Crippen molar-refractivity contribution in [1.29, 1.82) is 0 Å². The Balaban J connectivity index is 1.76. The molecule has 136 valence electrons. The van der Waals surface area contributed by atoms with E-state index in [-0.39, 0.29) is 11.9 Å². The van der Waals surface area contributed by atoms with Gasteiger partial charge in [0.15, 0.2) is 4.34 Å². The quantitative estimate of drug-likeness (QED) is 0.487. The van der Waals surface area contributed by atoms with Crippen LogP contribution in [0.3, 0.4) is 0 Å². The standard InChI is InChI=1S/C17H24N4O2S2/c1-4-13-5-7-14(8-6-13)12(2)19-15(22)11-24-17-21-20-16(25-17)18-9-10-23-3/h5-8,12H,4,9-11H2,1-3H3,(H,18,20)(H,19,22). The van der Waals surface area contributed by atoms with E-state index < -0.39 is 0 Å². The number of methoxy groups -OCH3 is 1. The number of nitrogens with one attached hydrogen (secondary N) is 2. The van der Waals surface area contributed by atoms with Crippen LogP contribution in [0.2, 0.25) is 0 Å². The summed E-state index contributed by atoms with van der Waals surface area (Å²) in [5.41, 5.74) is 2.40. The van der Waals surface area contributed by atoms with E-state index in [0.29, 0.717) is 18.9 Å². The molecule has 0 aliphatic rings. The summed E-state index contributed by atoms with van der Waals surface area (Å²) >= 11 is 2.83. The Morgan fingerprint density at radius 1 is 1.32 bits per heavy atom. The van der Waals surface area contributed by atoms with Crippen LogP contribution in [-0.2, 0) is 16.0 Å². The number of nitrogens with zero attached hydrogens (tertiary/aromatic N) is 2. The minimum atomic E-state index is -0.0142.